The van der Waals surface area contributed by atoms with Crippen molar-refractivity contribution in [2.24, 2.45) is 0 Å². The van der Waals surface area contributed by atoms with E-state index >= 15 is 0 Å². The van der Waals surface area contributed by atoms with Crippen LogP contribution in [0.1, 0.15) is 6.42 Å². The van der Waals surface area contributed by atoms with Crippen LogP contribution >= 0.6 is 11.8 Å². The standard InChI is InChI=1S/C11H14O4S/c1-16-10-4-2-9(3-5-10)15-7-8(12)6-11(13)14/h2-5,8,12H,6-7H2,1H3,(H,13,14)/p-1. The molecule has 4 nitrogen and oxygen atoms in total. The van der Waals surface area contributed by atoms with Gasteiger partial charge in [-0.25, -0.2) is 0 Å². The second kappa shape index (κ2) is 6.40. The first kappa shape index (κ1) is 12.9. The number of aliphatic carboxylic acids is 1. The van der Waals surface area contributed by atoms with Crippen LogP contribution in [-0.4, -0.2) is 30.0 Å². The van der Waals surface area contributed by atoms with E-state index in [4.69, 9.17) is 4.74 Å². The average molecular weight is 241 g/mol. The molecule has 0 bridgehead atoms. The molecule has 0 saturated heterocycles. The Kier molecular flexibility index (Phi) is 5.14. The van der Waals surface area contributed by atoms with Gasteiger partial charge in [0.1, 0.15) is 12.4 Å². The zero-order valence-electron chi connectivity index (χ0n) is 8.88. The minimum atomic E-state index is -1.28. The van der Waals surface area contributed by atoms with E-state index in [9.17, 15) is 15.0 Å². The lowest BCUT2D eigenvalue weighted by molar-refractivity contribution is -0.307. The van der Waals surface area contributed by atoms with Crippen LogP contribution in [0.2, 0.25) is 0 Å². The summed E-state index contributed by atoms with van der Waals surface area (Å²) in [6.45, 7) is -0.0490. The molecule has 0 saturated carbocycles. The number of hydrogen-bond acceptors (Lipinski definition) is 5. The molecule has 0 heterocycles. The Labute approximate surface area is 98.2 Å². The first-order valence-corrected chi connectivity index (χ1v) is 5.99. The van der Waals surface area contributed by atoms with Crippen molar-refractivity contribution in [3.05, 3.63) is 24.3 Å². The lowest BCUT2D eigenvalue weighted by Crippen LogP contribution is -2.30. The predicted octanol–water partition coefficient (Wildman–Crippen LogP) is 0.288. The summed E-state index contributed by atoms with van der Waals surface area (Å²) in [6, 6.07) is 7.34. The summed E-state index contributed by atoms with van der Waals surface area (Å²) < 4.78 is 5.22. The van der Waals surface area contributed by atoms with Crippen molar-refractivity contribution in [2.45, 2.75) is 17.4 Å². The maximum atomic E-state index is 10.2. The molecule has 0 fully saturated rings. The van der Waals surface area contributed by atoms with Crippen LogP contribution in [0, 0.1) is 0 Å². The van der Waals surface area contributed by atoms with Gasteiger partial charge in [-0.2, -0.15) is 0 Å². The van der Waals surface area contributed by atoms with Gasteiger partial charge in [0.15, 0.2) is 0 Å². The molecule has 1 unspecified atom stereocenters. The highest BCUT2D eigenvalue weighted by molar-refractivity contribution is 7.98. The van der Waals surface area contributed by atoms with E-state index in [0.717, 1.165) is 4.90 Å². The highest BCUT2D eigenvalue weighted by Gasteiger charge is 2.05. The van der Waals surface area contributed by atoms with Gasteiger partial charge in [-0.05, 0) is 30.5 Å². The molecule has 0 aromatic heterocycles. The van der Waals surface area contributed by atoms with E-state index in [1.165, 1.54) is 0 Å². The number of carbonyl (C=O) groups excluding carboxylic acids is 1. The fourth-order valence-electron chi connectivity index (χ4n) is 1.12. The maximum Gasteiger partial charge on any atom is 0.119 e. The SMILES string of the molecule is CSc1ccc(OCC(O)CC(=O)[O-])cc1. The maximum absolute atomic E-state index is 10.2. The van der Waals surface area contributed by atoms with Crippen LogP contribution in [0.5, 0.6) is 5.75 Å². The van der Waals surface area contributed by atoms with E-state index in [2.05, 4.69) is 0 Å². The van der Waals surface area contributed by atoms with Crippen molar-refractivity contribution in [2.75, 3.05) is 12.9 Å². The van der Waals surface area contributed by atoms with Gasteiger partial charge in [0, 0.05) is 17.3 Å². The van der Waals surface area contributed by atoms with Crippen molar-refractivity contribution in [1.29, 1.82) is 0 Å². The van der Waals surface area contributed by atoms with Crippen LogP contribution in [0.4, 0.5) is 0 Å². The van der Waals surface area contributed by atoms with Crippen LogP contribution in [0.15, 0.2) is 29.2 Å². The summed E-state index contributed by atoms with van der Waals surface area (Å²) in [4.78, 5) is 11.3. The van der Waals surface area contributed by atoms with Crippen LogP contribution in [-0.2, 0) is 4.79 Å². The van der Waals surface area contributed by atoms with E-state index in [-0.39, 0.29) is 6.61 Å². The van der Waals surface area contributed by atoms with Gasteiger partial charge in [0.05, 0.1) is 6.10 Å². The molecular weight excluding hydrogens is 228 g/mol. The summed E-state index contributed by atoms with van der Waals surface area (Å²) in [7, 11) is 0. The molecule has 88 valence electrons. The van der Waals surface area contributed by atoms with Crippen LogP contribution in [0.25, 0.3) is 0 Å². The Bertz CT molecular complexity index is 336. The molecule has 1 atom stereocenters. The van der Waals surface area contributed by atoms with Gasteiger partial charge >= 0.3 is 0 Å². The number of aliphatic hydroxyl groups is 1. The highest BCUT2D eigenvalue weighted by Crippen LogP contribution is 2.19. The number of carboxylic acid groups (broad SMARTS) is 1. The number of ether oxygens (including phenoxy) is 1. The van der Waals surface area contributed by atoms with Crippen molar-refractivity contribution in [1.82, 2.24) is 0 Å². The van der Waals surface area contributed by atoms with Gasteiger partial charge in [-0.1, -0.05) is 0 Å². The molecule has 1 aromatic rings. The largest absolute Gasteiger partial charge is 0.550 e. The molecule has 1 N–H and O–H groups in total. The molecule has 1 rings (SSSR count). The Morgan fingerprint density at radius 1 is 1.50 bits per heavy atom. The minimum Gasteiger partial charge on any atom is -0.550 e. The van der Waals surface area contributed by atoms with Crippen molar-refractivity contribution >= 4 is 17.7 Å². The van der Waals surface area contributed by atoms with Crippen LogP contribution in [0.3, 0.4) is 0 Å². The second-order valence-electron chi connectivity index (χ2n) is 3.22. The second-order valence-corrected chi connectivity index (χ2v) is 4.10. The molecule has 0 aliphatic rings. The van der Waals surface area contributed by atoms with Crippen molar-refractivity contribution in [3.63, 3.8) is 0 Å². The van der Waals surface area contributed by atoms with E-state index in [1.807, 2.05) is 18.4 Å². The summed E-state index contributed by atoms with van der Waals surface area (Å²) in [5.74, 6) is -0.677. The van der Waals surface area contributed by atoms with E-state index in [0.29, 0.717) is 5.75 Å². The van der Waals surface area contributed by atoms with Gasteiger partial charge in [-0.15, -0.1) is 11.8 Å². The van der Waals surface area contributed by atoms with E-state index < -0.39 is 18.5 Å². The van der Waals surface area contributed by atoms with Crippen molar-refractivity contribution < 1.29 is 19.7 Å². The number of carbonyl (C=O) groups is 1. The third kappa shape index (κ3) is 4.55. The van der Waals surface area contributed by atoms with E-state index in [1.54, 1.807) is 23.9 Å². The molecule has 0 amide bonds. The third-order valence-corrected chi connectivity index (χ3v) is 2.65. The Morgan fingerprint density at radius 3 is 2.62 bits per heavy atom. The number of carboxylic acids is 1. The molecule has 5 heteroatoms. The predicted molar refractivity (Wildman–Crippen MR) is 59.3 cm³/mol. The quantitative estimate of drug-likeness (QED) is 0.725. The fourth-order valence-corrected chi connectivity index (χ4v) is 1.52. The summed E-state index contributed by atoms with van der Waals surface area (Å²) in [5.41, 5.74) is 0. The summed E-state index contributed by atoms with van der Waals surface area (Å²) in [6.07, 6.45) is 0.521. The number of hydrogen-bond donors (Lipinski definition) is 1. The smallest absolute Gasteiger partial charge is 0.119 e. The fraction of sp³-hybridized carbons (Fsp3) is 0.364. The number of aliphatic hydroxyl groups excluding tert-OH is 1. The topological polar surface area (TPSA) is 69.6 Å². The molecule has 0 radical (unpaired) electrons. The number of rotatable bonds is 6. The first-order chi connectivity index (χ1) is 7.61. The normalized spacial score (nSPS) is 12.1. The molecule has 16 heavy (non-hydrogen) atoms. The summed E-state index contributed by atoms with van der Waals surface area (Å²) >= 11 is 1.62. The number of benzene rings is 1. The minimum absolute atomic E-state index is 0.0490. The lowest BCUT2D eigenvalue weighted by atomic mass is 10.3. The zero-order chi connectivity index (χ0) is 12.0. The summed E-state index contributed by atoms with van der Waals surface area (Å²) in [5, 5.41) is 19.4. The lowest BCUT2D eigenvalue weighted by Gasteiger charge is -2.12. The first-order valence-electron chi connectivity index (χ1n) is 4.76. The third-order valence-electron chi connectivity index (χ3n) is 1.90. The monoisotopic (exact) mass is 241 g/mol. The Balaban J connectivity index is 2.39. The van der Waals surface area contributed by atoms with Gasteiger partial charge in [-0.3, -0.25) is 0 Å². The Morgan fingerprint density at radius 2 is 2.12 bits per heavy atom. The highest BCUT2D eigenvalue weighted by atomic mass is 32.2. The molecule has 0 spiro atoms. The Hall–Kier alpha value is -1.20. The van der Waals surface area contributed by atoms with Gasteiger partial charge < -0.3 is 19.7 Å². The molecule has 1 aromatic carbocycles. The van der Waals surface area contributed by atoms with Crippen molar-refractivity contribution in [3.8, 4) is 5.75 Å². The zero-order valence-corrected chi connectivity index (χ0v) is 9.70. The van der Waals surface area contributed by atoms with Crippen LogP contribution < -0.4 is 9.84 Å². The van der Waals surface area contributed by atoms with Gasteiger partial charge in [0.2, 0.25) is 0 Å². The molecule has 0 aliphatic heterocycles. The average Bonchev–Trinajstić information content (AvgIpc) is 2.26. The molecular formula is C11H13O4S-. The van der Waals surface area contributed by atoms with Gasteiger partial charge in [0.25, 0.3) is 0 Å². The number of thioether (sulfide) groups is 1. The molecule has 0 aliphatic carbocycles.